The van der Waals surface area contributed by atoms with Gasteiger partial charge in [0.15, 0.2) is 0 Å². The van der Waals surface area contributed by atoms with E-state index in [0.29, 0.717) is 0 Å². The van der Waals surface area contributed by atoms with Gasteiger partial charge in [-0.25, -0.2) is 4.79 Å². The summed E-state index contributed by atoms with van der Waals surface area (Å²) < 4.78 is 43.9. The third-order valence-electron chi connectivity index (χ3n) is 4.44. The van der Waals surface area contributed by atoms with Crippen molar-refractivity contribution in [3.05, 3.63) is 71.3 Å². The van der Waals surface area contributed by atoms with E-state index in [1.54, 1.807) is 0 Å². The van der Waals surface area contributed by atoms with Crippen LogP contribution < -0.4 is 0 Å². The van der Waals surface area contributed by atoms with Gasteiger partial charge in [0.1, 0.15) is 12.2 Å². The number of likely N-dealkylation sites (tertiary alicyclic amines) is 1. The Labute approximate surface area is 148 Å². The van der Waals surface area contributed by atoms with Gasteiger partial charge in [-0.05, 0) is 29.7 Å². The number of ether oxygens (including phenoxy) is 1. The maximum absolute atomic E-state index is 12.9. The lowest BCUT2D eigenvalue weighted by molar-refractivity contribution is -0.137. The third-order valence-corrected chi connectivity index (χ3v) is 4.44. The summed E-state index contributed by atoms with van der Waals surface area (Å²) in [5.74, 6) is 0. The minimum absolute atomic E-state index is 0.0954. The summed E-state index contributed by atoms with van der Waals surface area (Å²) >= 11 is 0. The summed E-state index contributed by atoms with van der Waals surface area (Å²) in [6, 6.07) is 13.7. The Morgan fingerprint density at radius 1 is 1.15 bits per heavy atom. The minimum Gasteiger partial charge on any atom is -0.445 e. The van der Waals surface area contributed by atoms with E-state index in [-0.39, 0.29) is 31.7 Å². The number of hydrogen-bond donors (Lipinski definition) is 1. The third kappa shape index (κ3) is 3.99. The predicted octanol–water partition coefficient (Wildman–Crippen LogP) is 3.94. The van der Waals surface area contributed by atoms with Crippen LogP contribution in [0.5, 0.6) is 0 Å². The van der Waals surface area contributed by atoms with Crippen molar-refractivity contribution < 1.29 is 27.8 Å². The largest absolute Gasteiger partial charge is 0.445 e. The van der Waals surface area contributed by atoms with Crippen LogP contribution in [0.2, 0.25) is 0 Å². The van der Waals surface area contributed by atoms with Crippen molar-refractivity contribution in [2.45, 2.75) is 24.8 Å². The molecule has 4 nitrogen and oxygen atoms in total. The van der Waals surface area contributed by atoms with Crippen LogP contribution in [0.15, 0.2) is 54.6 Å². The lowest BCUT2D eigenvalue weighted by Gasteiger charge is -2.24. The smallest absolute Gasteiger partial charge is 0.416 e. The molecule has 0 radical (unpaired) electrons. The molecule has 1 fully saturated rings. The minimum atomic E-state index is -4.49. The van der Waals surface area contributed by atoms with Crippen molar-refractivity contribution >= 4 is 6.09 Å². The number of carbonyl (C=O) groups excluding carboxylic acids is 1. The Balaban J connectivity index is 1.66. The Bertz CT molecular complexity index is 779. The average Bonchev–Trinajstić information content (AvgIpc) is 3.04. The molecule has 0 saturated carbocycles. The molecule has 2 aromatic carbocycles. The summed E-state index contributed by atoms with van der Waals surface area (Å²) in [7, 11) is 0. The second-order valence-corrected chi connectivity index (χ2v) is 6.32. The number of carbonyl (C=O) groups is 1. The van der Waals surface area contributed by atoms with Crippen LogP contribution in [-0.4, -0.2) is 29.2 Å². The molecule has 0 aromatic heterocycles. The Hall–Kier alpha value is -2.54. The SMILES string of the molecule is O=C(OCc1ccccc1)N1CCC(O)(c2cccc(C(F)(F)F)c2)C1. The van der Waals surface area contributed by atoms with Gasteiger partial charge in [0.05, 0.1) is 12.1 Å². The van der Waals surface area contributed by atoms with E-state index in [0.717, 1.165) is 17.7 Å². The molecule has 1 unspecified atom stereocenters. The summed E-state index contributed by atoms with van der Waals surface area (Å²) in [5.41, 5.74) is -1.38. The van der Waals surface area contributed by atoms with Crippen LogP contribution in [0.1, 0.15) is 23.1 Å². The maximum atomic E-state index is 12.9. The van der Waals surface area contributed by atoms with Crippen LogP contribution in [0, 0.1) is 0 Å². The second-order valence-electron chi connectivity index (χ2n) is 6.32. The molecular formula is C19H18F3NO3. The molecule has 1 amide bonds. The van der Waals surface area contributed by atoms with E-state index in [1.165, 1.54) is 17.0 Å². The van der Waals surface area contributed by atoms with Crippen LogP contribution >= 0.6 is 0 Å². The number of nitrogens with zero attached hydrogens (tertiary/aromatic N) is 1. The zero-order valence-corrected chi connectivity index (χ0v) is 13.9. The fraction of sp³-hybridized carbons (Fsp3) is 0.316. The van der Waals surface area contributed by atoms with Crippen molar-refractivity contribution in [1.82, 2.24) is 4.90 Å². The van der Waals surface area contributed by atoms with E-state index < -0.39 is 23.4 Å². The number of hydrogen-bond acceptors (Lipinski definition) is 3. The van der Waals surface area contributed by atoms with E-state index >= 15 is 0 Å². The van der Waals surface area contributed by atoms with Crippen molar-refractivity contribution in [2.24, 2.45) is 0 Å². The van der Waals surface area contributed by atoms with Gasteiger partial charge in [0.2, 0.25) is 0 Å². The molecule has 2 aromatic rings. The standard InChI is InChI=1S/C19H18F3NO3/c20-19(21,22)16-8-4-7-15(11-16)18(25)9-10-23(13-18)17(24)26-12-14-5-2-1-3-6-14/h1-8,11,25H,9-10,12-13H2. The molecule has 3 rings (SSSR count). The van der Waals surface area contributed by atoms with E-state index in [2.05, 4.69) is 0 Å². The number of β-amino-alcohol motifs (C(OH)–C–C–N with tert-alkyl or cyclic N) is 1. The van der Waals surface area contributed by atoms with Crippen molar-refractivity contribution in [3.63, 3.8) is 0 Å². The van der Waals surface area contributed by atoms with E-state index in [1.807, 2.05) is 30.3 Å². The number of benzene rings is 2. The summed E-state index contributed by atoms with van der Waals surface area (Å²) in [4.78, 5) is 13.5. The van der Waals surface area contributed by atoms with Gasteiger partial charge < -0.3 is 14.7 Å². The molecule has 1 aliphatic rings. The zero-order valence-electron chi connectivity index (χ0n) is 13.9. The molecule has 138 valence electrons. The molecular weight excluding hydrogens is 347 g/mol. The van der Waals surface area contributed by atoms with Gasteiger partial charge >= 0.3 is 12.3 Å². The van der Waals surface area contributed by atoms with Crippen molar-refractivity contribution in [3.8, 4) is 0 Å². The first kappa shape index (κ1) is 18.3. The Morgan fingerprint density at radius 2 is 1.88 bits per heavy atom. The van der Waals surface area contributed by atoms with Gasteiger partial charge in [-0.1, -0.05) is 42.5 Å². The molecule has 1 aliphatic heterocycles. The van der Waals surface area contributed by atoms with Crippen LogP contribution in [0.25, 0.3) is 0 Å². The highest BCUT2D eigenvalue weighted by Crippen LogP contribution is 2.36. The lowest BCUT2D eigenvalue weighted by atomic mass is 9.91. The number of halogens is 3. The molecule has 1 saturated heterocycles. The zero-order chi connectivity index (χ0) is 18.8. The molecule has 1 atom stereocenters. The number of alkyl halides is 3. The lowest BCUT2D eigenvalue weighted by Crippen LogP contribution is -2.34. The monoisotopic (exact) mass is 365 g/mol. The number of rotatable bonds is 3. The molecule has 7 heteroatoms. The van der Waals surface area contributed by atoms with Gasteiger partial charge in [-0.3, -0.25) is 0 Å². The van der Waals surface area contributed by atoms with Gasteiger partial charge in [-0.15, -0.1) is 0 Å². The van der Waals surface area contributed by atoms with Crippen molar-refractivity contribution in [1.29, 1.82) is 0 Å². The maximum Gasteiger partial charge on any atom is 0.416 e. The molecule has 1 heterocycles. The van der Waals surface area contributed by atoms with Crippen LogP contribution in [-0.2, 0) is 23.1 Å². The molecule has 26 heavy (non-hydrogen) atoms. The first-order valence-electron chi connectivity index (χ1n) is 8.14. The quantitative estimate of drug-likeness (QED) is 0.897. The fourth-order valence-electron chi connectivity index (χ4n) is 2.98. The normalized spacial score (nSPS) is 20.2. The Morgan fingerprint density at radius 3 is 2.58 bits per heavy atom. The van der Waals surface area contributed by atoms with Gasteiger partial charge in [0, 0.05) is 6.54 Å². The molecule has 1 N–H and O–H groups in total. The number of aliphatic hydroxyl groups is 1. The summed E-state index contributed by atoms with van der Waals surface area (Å²) in [6.07, 6.45) is -4.94. The summed E-state index contributed by atoms with van der Waals surface area (Å²) in [5, 5.41) is 10.7. The topological polar surface area (TPSA) is 49.8 Å². The van der Waals surface area contributed by atoms with Crippen LogP contribution in [0.4, 0.5) is 18.0 Å². The van der Waals surface area contributed by atoms with Gasteiger partial charge in [0.25, 0.3) is 0 Å². The highest BCUT2D eigenvalue weighted by atomic mass is 19.4. The highest BCUT2D eigenvalue weighted by molar-refractivity contribution is 5.68. The van der Waals surface area contributed by atoms with E-state index in [4.69, 9.17) is 4.74 Å². The van der Waals surface area contributed by atoms with Crippen LogP contribution in [0.3, 0.4) is 0 Å². The highest BCUT2D eigenvalue weighted by Gasteiger charge is 2.41. The number of amides is 1. The average molecular weight is 365 g/mol. The van der Waals surface area contributed by atoms with Crippen molar-refractivity contribution in [2.75, 3.05) is 13.1 Å². The predicted molar refractivity (Wildman–Crippen MR) is 88.2 cm³/mol. The molecule has 0 aliphatic carbocycles. The Kier molecular flexibility index (Phi) is 4.91. The van der Waals surface area contributed by atoms with Gasteiger partial charge in [-0.2, -0.15) is 13.2 Å². The first-order chi connectivity index (χ1) is 12.3. The first-order valence-corrected chi connectivity index (χ1v) is 8.14. The fourth-order valence-corrected chi connectivity index (χ4v) is 2.98. The molecule has 0 bridgehead atoms. The second kappa shape index (κ2) is 6.99. The molecule has 0 spiro atoms. The summed E-state index contributed by atoms with van der Waals surface area (Å²) in [6.45, 7) is 0.195. The van der Waals surface area contributed by atoms with E-state index in [9.17, 15) is 23.1 Å².